The van der Waals surface area contributed by atoms with Gasteiger partial charge in [-0.05, 0) is 6.92 Å². The summed E-state index contributed by atoms with van der Waals surface area (Å²) in [5.74, 6) is -0.599. The third kappa shape index (κ3) is 3.00. The normalized spacial score (nSPS) is 12.7. The maximum absolute atomic E-state index is 10.2. The maximum atomic E-state index is 10.2. The first-order valence-corrected chi connectivity index (χ1v) is 4.83. The Labute approximate surface area is 84.6 Å². The lowest BCUT2D eigenvalue weighted by Gasteiger charge is -2.00. The van der Waals surface area contributed by atoms with E-state index in [0.29, 0.717) is 5.82 Å². The van der Waals surface area contributed by atoms with Gasteiger partial charge in [0.2, 0.25) is 5.82 Å². The monoisotopic (exact) mass is 218 g/mol. The summed E-state index contributed by atoms with van der Waals surface area (Å²) in [6, 6.07) is 0. The molecule has 1 N–H and O–H groups in total. The molecule has 0 bridgehead atoms. The van der Waals surface area contributed by atoms with Crippen molar-refractivity contribution in [2.24, 2.45) is 0 Å². The van der Waals surface area contributed by atoms with Crippen LogP contribution in [-0.4, -0.2) is 34.1 Å². The molecule has 0 saturated carbocycles. The maximum Gasteiger partial charge on any atom is 0.314 e. The fourth-order valence-electron chi connectivity index (χ4n) is 0.673. The molecule has 0 aromatic carbocycles. The van der Waals surface area contributed by atoms with Crippen LogP contribution in [0.2, 0.25) is 0 Å². The molecule has 14 heavy (non-hydrogen) atoms. The van der Waals surface area contributed by atoms with Crippen molar-refractivity contribution in [3.8, 4) is 0 Å². The molecule has 0 fully saturated rings. The number of thioether (sulfide) groups is 1. The van der Waals surface area contributed by atoms with E-state index < -0.39 is 5.97 Å². The molecule has 0 radical (unpaired) electrons. The van der Waals surface area contributed by atoms with Crippen molar-refractivity contribution < 1.29 is 19.2 Å². The van der Waals surface area contributed by atoms with Crippen LogP contribution in [0, 0.1) is 0 Å². The van der Waals surface area contributed by atoms with E-state index in [-0.39, 0.29) is 17.1 Å². The average Bonchev–Trinajstić information content (AvgIpc) is 2.62. The van der Waals surface area contributed by atoms with E-state index in [1.54, 1.807) is 6.92 Å². The molecule has 78 valence electrons. The van der Waals surface area contributed by atoms with E-state index in [4.69, 9.17) is 14.4 Å². The molecule has 1 aromatic heterocycles. The number of nitrogens with zero attached hydrogens (tertiary/aromatic N) is 2. The van der Waals surface area contributed by atoms with E-state index >= 15 is 0 Å². The smallest absolute Gasteiger partial charge is 0.314 e. The number of aromatic nitrogens is 2. The third-order valence-electron chi connectivity index (χ3n) is 1.46. The second-order valence-electron chi connectivity index (χ2n) is 2.48. The topological polar surface area (TPSA) is 85.5 Å². The van der Waals surface area contributed by atoms with Crippen LogP contribution < -0.4 is 0 Å². The van der Waals surface area contributed by atoms with Gasteiger partial charge in [-0.15, -0.1) is 0 Å². The quantitative estimate of drug-likeness (QED) is 0.736. The first-order chi connectivity index (χ1) is 6.63. The Balaban J connectivity index is 2.54. The van der Waals surface area contributed by atoms with Gasteiger partial charge in [0, 0.05) is 7.11 Å². The summed E-state index contributed by atoms with van der Waals surface area (Å²) < 4.78 is 9.76. The highest BCUT2D eigenvalue weighted by molar-refractivity contribution is 7.99. The Morgan fingerprint density at radius 2 is 2.50 bits per heavy atom. The number of hydrogen-bond acceptors (Lipinski definition) is 6. The van der Waals surface area contributed by atoms with Crippen molar-refractivity contribution in [1.29, 1.82) is 0 Å². The summed E-state index contributed by atoms with van der Waals surface area (Å²) in [5.41, 5.74) is 0. The molecule has 1 heterocycles. The Morgan fingerprint density at radius 3 is 3.07 bits per heavy atom. The molecule has 1 atom stereocenters. The SMILES string of the molecule is COC(C)c1noc(SCC(=O)O)n1. The summed E-state index contributed by atoms with van der Waals surface area (Å²) in [5, 5.41) is 12.3. The van der Waals surface area contributed by atoms with Crippen LogP contribution in [0.1, 0.15) is 18.9 Å². The lowest BCUT2D eigenvalue weighted by molar-refractivity contribution is -0.133. The first kappa shape index (κ1) is 11.0. The van der Waals surface area contributed by atoms with Crippen LogP contribution in [0.5, 0.6) is 0 Å². The number of ether oxygens (including phenoxy) is 1. The summed E-state index contributed by atoms with van der Waals surface area (Å²) in [4.78, 5) is 14.2. The van der Waals surface area contributed by atoms with E-state index in [0.717, 1.165) is 11.8 Å². The fraction of sp³-hybridized carbons (Fsp3) is 0.571. The molecule has 0 spiro atoms. The highest BCUT2D eigenvalue weighted by Crippen LogP contribution is 2.18. The molecule has 0 amide bonds. The van der Waals surface area contributed by atoms with Gasteiger partial charge in [-0.1, -0.05) is 16.9 Å². The molecular formula is C7H10N2O4S. The van der Waals surface area contributed by atoms with Crippen molar-refractivity contribution in [3.63, 3.8) is 0 Å². The highest BCUT2D eigenvalue weighted by Gasteiger charge is 2.13. The summed E-state index contributed by atoms with van der Waals surface area (Å²) in [6.45, 7) is 1.77. The minimum absolute atomic E-state index is 0.0942. The van der Waals surface area contributed by atoms with Crippen molar-refractivity contribution in [2.75, 3.05) is 12.9 Å². The molecule has 1 rings (SSSR count). The Morgan fingerprint density at radius 1 is 1.79 bits per heavy atom. The second-order valence-corrected chi connectivity index (χ2v) is 3.41. The fourth-order valence-corrected chi connectivity index (χ4v) is 1.17. The second kappa shape index (κ2) is 4.97. The number of carboxylic acid groups (broad SMARTS) is 1. The molecule has 7 heteroatoms. The van der Waals surface area contributed by atoms with E-state index in [1.807, 2.05) is 0 Å². The first-order valence-electron chi connectivity index (χ1n) is 3.84. The molecule has 0 aliphatic rings. The van der Waals surface area contributed by atoms with Gasteiger partial charge >= 0.3 is 5.97 Å². The van der Waals surface area contributed by atoms with Crippen LogP contribution in [-0.2, 0) is 9.53 Å². The minimum Gasteiger partial charge on any atom is -0.481 e. The summed E-state index contributed by atoms with van der Waals surface area (Å²) in [6.07, 6.45) is -0.252. The van der Waals surface area contributed by atoms with Crippen molar-refractivity contribution in [2.45, 2.75) is 18.3 Å². The molecule has 0 aliphatic carbocycles. The van der Waals surface area contributed by atoms with E-state index in [1.165, 1.54) is 7.11 Å². The zero-order valence-electron chi connectivity index (χ0n) is 7.76. The molecule has 0 saturated heterocycles. The number of carboxylic acids is 1. The van der Waals surface area contributed by atoms with Crippen LogP contribution >= 0.6 is 11.8 Å². The number of hydrogen-bond donors (Lipinski definition) is 1. The Bertz CT molecular complexity index is 314. The molecule has 1 aromatic rings. The molecular weight excluding hydrogens is 208 g/mol. The van der Waals surface area contributed by atoms with Gasteiger partial charge in [0.1, 0.15) is 11.9 Å². The van der Waals surface area contributed by atoms with Crippen LogP contribution in [0.25, 0.3) is 0 Å². The summed E-state index contributed by atoms with van der Waals surface area (Å²) >= 11 is 0.982. The standard InChI is InChI=1S/C7H10N2O4S/c1-4(12-2)6-8-7(13-9-6)14-3-5(10)11/h4H,3H2,1-2H3,(H,10,11). The number of rotatable bonds is 5. The Hall–Kier alpha value is -1.08. The van der Waals surface area contributed by atoms with Crippen molar-refractivity contribution in [1.82, 2.24) is 10.1 Å². The zero-order valence-corrected chi connectivity index (χ0v) is 8.58. The van der Waals surface area contributed by atoms with Crippen LogP contribution in [0.4, 0.5) is 0 Å². The molecule has 0 aliphatic heterocycles. The largest absolute Gasteiger partial charge is 0.481 e. The van der Waals surface area contributed by atoms with Crippen LogP contribution in [0.3, 0.4) is 0 Å². The number of carbonyl (C=O) groups is 1. The Kier molecular flexibility index (Phi) is 3.90. The molecule has 6 nitrogen and oxygen atoms in total. The highest BCUT2D eigenvalue weighted by atomic mass is 32.2. The summed E-state index contributed by atoms with van der Waals surface area (Å²) in [7, 11) is 1.53. The minimum atomic E-state index is -0.922. The molecule has 1 unspecified atom stereocenters. The third-order valence-corrected chi connectivity index (χ3v) is 2.26. The van der Waals surface area contributed by atoms with Gasteiger partial charge < -0.3 is 14.4 Å². The van der Waals surface area contributed by atoms with Crippen molar-refractivity contribution >= 4 is 17.7 Å². The predicted octanol–water partition coefficient (Wildman–Crippen LogP) is 0.954. The number of aliphatic carboxylic acids is 1. The van der Waals surface area contributed by atoms with E-state index in [9.17, 15) is 4.79 Å². The average molecular weight is 218 g/mol. The lowest BCUT2D eigenvalue weighted by Crippen LogP contribution is -1.99. The van der Waals surface area contributed by atoms with Gasteiger partial charge in [0.05, 0.1) is 0 Å². The van der Waals surface area contributed by atoms with Gasteiger partial charge in [-0.25, -0.2) is 0 Å². The van der Waals surface area contributed by atoms with Gasteiger partial charge in [-0.2, -0.15) is 4.98 Å². The van der Waals surface area contributed by atoms with Crippen LogP contribution in [0.15, 0.2) is 9.75 Å². The van der Waals surface area contributed by atoms with Gasteiger partial charge in [-0.3, -0.25) is 4.79 Å². The predicted molar refractivity (Wildman–Crippen MR) is 48.1 cm³/mol. The van der Waals surface area contributed by atoms with E-state index in [2.05, 4.69) is 10.1 Å². The number of methoxy groups -OCH3 is 1. The zero-order chi connectivity index (χ0) is 10.6. The van der Waals surface area contributed by atoms with Gasteiger partial charge in [0.25, 0.3) is 5.22 Å². The van der Waals surface area contributed by atoms with Crippen molar-refractivity contribution in [3.05, 3.63) is 5.82 Å². The lowest BCUT2D eigenvalue weighted by atomic mass is 10.4. The van der Waals surface area contributed by atoms with Gasteiger partial charge in [0.15, 0.2) is 0 Å².